The van der Waals surface area contributed by atoms with Gasteiger partial charge in [-0.25, -0.2) is 0 Å². The molecule has 0 amide bonds. The molecule has 0 spiro atoms. The predicted molar refractivity (Wildman–Crippen MR) is 73.6 cm³/mol. The van der Waals surface area contributed by atoms with E-state index in [1.807, 2.05) is 36.4 Å². The van der Waals surface area contributed by atoms with E-state index in [-0.39, 0.29) is 0 Å². The number of rotatable bonds is 4. The van der Waals surface area contributed by atoms with Crippen LogP contribution >= 0.6 is 15.9 Å². The molecule has 0 aliphatic rings. The Labute approximate surface area is 115 Å². The lowest BCUT2D eigenvalue weighted by molar-refractivity contribution is 0.172. The first kappa shape index (κ1) is 13.1. The Morgan fingerprint density at radius 1 is 1.33 bits per heavy atom. The number of hydrogen-bond acceptors (Lipinski definition) is 3. The fourth-order valence-electron chi connectivity index (χ4n) is 1.76. The lowest BCUT2D eigenvalue weighted by Crippen LogP contribution is -2.05. The first-order chi connectivity index (χ1) is 8.70. The molecule has 0 saturated heterocycles. The molecule has 1 aromatic carbocycles. The molecule has 2 aromatic rings. The average Bonchev–Trinajstić information content (AvgIpc) is 2.39. The third-order valence-corrected chi connectivity index (χ3v) is 3.34. The van der Waals surface area contributed by atoms with Crippen LogP contribution in [-0.2, 0) is 6.42 Å². The lowest BCUT2D eigenvalue weighted by Gasteiger charge is -2.12. The molecule has 94 valence electrons. The van der Waals surface area contributed by atoms with Gasteiger partial charge < -0.3 is 9.84 Å². The molecule has 2 rings (SSSR count). The van der Waals surface area contributed by atoms with Crippen LogP contribution in [-0.4, -0.2) is 17.2 Å². The van der Waals surface area contributed by atoms with Crippen LogP contribution < -0.4 is 4.74 Å². The third kappa shape index (κ3) is 3.09. The summed E-state index contributed by atoms with van der Waals surface area (Å²) < 4.78 is 5.98. The Bertz CT molecular complexity index is 531. The number of halogens is 1. The monoisotopic (exact) mass is 307 g/mol. The van der Waals surface area contributed by atoms with Crippen LogP contribution in [0, 0.1) is 0 Å². The van der Waals surface area contributed by atoms with E-state index in [1.54, 1.807) is 13.3 Å². The van der Waals surface area contributed by atoms with E-state index in [0.717, 1.165) is 15.8 Å². The van der Waals surface area contributed by atoms with E-state index in [0.29, 0.717) is 12.1 Å². The maximum absolute atomic E-state index is 10.2. The molecule has 1 heterocycles. The zero-order valence-electron chi connectivity index (χ0n) is 10.0. The van der Waals surface area contributed by atoms with Crippen LogP contribution in [0.2, 0.25) is 0 Å². The molecule has 1 atom stereocenters. The van der Waals surface area contributed by atoms with Gasteiger partial charge in [-0.2, -0.15) is 0 Å². The molecule has 0 saturated carbocycles. The molecule has 4 heteroatoms. The van der Waals surface area contributed by atoms with Crippen LogP contribution in [0.5, 0.6) is 5.75 Å². The zero-order chi connectivity index (χ0) is 13.0. The quantitative estimate of drug-likeness (QED) is 0.943. The fourth-order valence-corrected chi connectivity index (χ4v) is 2.28. The summed E-state index contributed by atoms with van der Waals surface area (Å²) in [5.41, 5.74) is 1.67. The van der Waals surface area contributed by atoms with Gasteiger partial charge in [0.15, 0.2) is 0 Å². The van der Waals surface area contributed by atoms with Crippen molar-refractivity contribution in [2.75, 3.05) is 7.11 Å². The molecule has 0 radical (unpaired) electrons. The number of benzene rings is 1. The van der Waals surface area contributed by atoms with Gasteiger partial charge in [0.2, 0.25) is 0 Å². The van der Waals surface area contributed by atoms with Crippen molar-refractivity contribution in [2.45, 2.75) is 12.5 Å². The molecule has 18 heavy (non-hydrogen) atoms. The summed E-state index contributed by atoms with van der Waals surface area (Å²) in [7, 11) is 1.63. The van der Waals surface area contributed by atoms with E-state index in [9.17, 15) is 5.11 Å². The minimum absolute atomic E-state index is 0.507. The molecule has 1 unspecified atom stereocenters. The van der Waals surface area contributed by atoms with E-state index in [4.69, 9.17) is 4.74 Å². The summed E-state index contributed by atoms with van der Waals surface area (Å²) in [6.45, 7) is 0. The van der Waals surface area contributed by atoms with Gasteiger partial charge in [-0.05, 0) is 45.8 Å². The van der Waals surface area contributed by atoms with E-state index in [2.05, 4.69) is 20.9 Å². The summed E-state index contributed by atoms with van der Waals surface area (Å²) in [5.74, 6) is 0.791. The maximum atomic E-state index is 10.2. The van der Waals surface area contributed by atoms with Gasteiger partial charge >= 0.3 is 0 Å². The highest BCUT2D eigenvalue weighted by Crippen LogP contribution is 2.24. The SMILES string of the molecule is COc1cccc(CC(O)c2ncccc2Br)c1. The number of nitrogens with zero attached hydrogens (tertiary/aromatic N) is 1. The van der Waals surface area contributed by atoms with Crippen molar-refractivity contribution >= 4 is 15.9 Å². The number of ether oxygens (including phenoxy) is 1. The molecule has 1 aromatic heterocycles. The second kappa shape index (κ2) is 5.98. The van der Waals surface area contributed by atoms with Gasteiger partial charge in [-0.15, -0.1) is 0 Å². The predicted octanol–water partition coefficient (Wildman–Crippen LogP) is 3.13. The van der Waals surface area contributed by atoms with Crippen molar-refractivity contribution in [3.8, 4) is 5.75 Å². The summed E-state index contributed by atoms with van der Waals surface area (Å²) in [6, 6.07) is 11.4. The van der Waals surface area contributed by atoms with E-state index in [1.165, 1.54) is 0 Å². The first-order valence-electron chi connectivity index (χ1n) is 5.62. The number of hydrogen-bond donors (Lipinski definition) is 1. The van der Waals surface area contributed by atoms with Gasteiger partial charge in [0.25, 0.3) is 0 Å². The van der Waals surface area contributed by atoms with Crippen molar-refractivity contribution in [2.24, 2.45) is 0 Å². The molecular weight excluding hydrogens is 294 g/mol. The Hall–Kier alpha value is -1.39. The van der Waals surface area contributed by atoms with Gasteiger partial charge in [0.1, 0.15) is 11.9 Å². The summed E-state index contributed by atoms with van der Waals surface area (Å²) in [6.07, 6.45) is 1.55. The maximum Gasteiger partial charge on any atom is 0.119 e. The van der Waals surface area contributed by atoms with Crippen molar-refractivity contribution in [3.05, 3.63) is 58.3 Å². The Kier molecular flexibility index (Phi) is 4.33. The fraction of sp³-hybridized carbons (Fsp3) is 0.214. The Morgan fingerprint density at radius 2 is 2.17 bits per heavy atom. The van der Waals surface area contributed by atoms with Gasteiger partial charge in [0.05, 0.1) is 12.8 Å². The molecule has 0 aliphatic carbocycles. The number of aliphatic hydroxyl groups excluding tert-OH is 1. The Morgan fingerprint density at radius 3 is 2.89 bits per heavy atom. The highest BCUT2D eigenvalue weighted by molar-refractivity contribution is 9.10. The highest BCUT2D eigenvalue weighted by Gasteiger charge is 2.13. The van der Waals surface area contributed by atoms with Crippen LogP contribution in [0.25, 0.3) is 0 Å². The summed E-state index contributed by atoms with van der Waals surface area (Å²) in [5, 5.41) is 10.2. The van der Waals surface area contributed by atoms with Crippen LogP contribution in [0.1, 0.15) is 17.4 Å². The average molecular weight is 308 g/mol. The van der Waals surface area contributed by atoms with Gasteiger partial charge in [0, 0.05) is 17.1 Å². The van der Waals surface area contributed by atoms with E-state index >= 15 is 0 Å². The minimum atomic E-state index is -0.632. The van der Waals surface area contributed by atoms with Crippen molar-refractivity contribution in [1.29, 1.82) is 0 Å². The van der Waals surface area contributed by atoms with Crippen molar-refractivity contribution < 1.29 is 9.84 Å². The largest absolute Gasteiger partial charge is 0.497 e. The summed E-state index contributed by atoms with van der Waals surface area (Å²) in [4.78, 5) is 4.19. The van der Waals surface area contributed by atoms with E-state index < -0.39 is 6.10 Å². The number of aliphatic hydroxyl groups is 1. The zero-order valence-corrected chi connectivity index (χ0v) is 11.6. The topological polar surface area (TPSA) is 42.4 Å². The van der Waals surface area contributed by atoms with Crippen LogP contribution in [0.3, 0.4) is 0 Å². The lowest BCUT2D eigenvalue weighted by atomic mass is 10.1. The van der Waals surface area contributed by atoms with Gasteiger partial charge in [-0.1, -0.05) is 12.1 Å². The molecular formula is C14H14BrNO2. The molecule has 1 N–H and O–H groups in total. The highest BCUT2D eigenvalue weighted by atomic mass is 79.9. The van der Waals surface area contributed by atoms with Crippen LogP contribution in [0.4, 0.5) is 0 Å². The summed E-state index contributed by atoms with van der Waals surface area (Å²) >= 11 is 3.39. The third-order valence-electron chi connectivity index (χ3n) is 2.67. The molecule has 3 nitrogen and oxygen atoms in total. The van der Waals surface area contributed by atoms with Crippen molar-refractivity contribution in [1.82, 2.24) is 4.98 Å². The Balaban J connectivity index is 2.16. The molecule has 0 aliphatic heterocycles. The molecule has 0 bridgehead atoms. The molecule has 0 fully saturated rings. The van der Waals surface area contributed by atoms with Gasteiger partial charge in [-0.3, -0.25) is 4.98 Å². The smallest absolute Gasteiger partial charge is 0.119 e. The number of pyridine rings is 1. The second-order valence-electron chi connectivity index (χ2n) is 3.94. The normalized spacial score (nSPS) is 12.2. The van der Waals surface area contributed by atoms with Crippen molar-refractivity contribution in [3.63, 3.8) is 0 Å². The van der Waals surface area contributed by atoms with Crippen LogP contribution in [0.15, 0.2) is 47.1 Å². The standard InChI is InChI=1S/C14H14BrNO2/c1-18-11-5-2-4-10(8-11)9-13(17)14-12(15)6-3-7-16-14/h2-8,13,17H,9H2,1H3. The minimum Gasteiger partial charge on any atom is -0.497 e. The first-order valence-corrected chi connectivity index (χ1v) is 6.41. The number of methoxy groups -OCH3 is 1. The second-order valence-corrected chi connectivity index (χ2v) is 4.80. The number of aromatic nitrogens is 1.